The van der Waals surface area contributed by atoms with Crippen molar-refractivity contribution in [3.05, 3.63) is 96.6 Å². The molecular weight excluding hydrogens is 448 g/mol. The minimum Gasteiger partial charge on any atom is -0.496 e. The first-order valence-corrected chi connectivity index (χ1v) is 10.5. The number of esters is 1. The first-order valence-electron chi connectivity index (χ1n) is 10.5. The molecule has 8 heteroatoms. The van der Waals surface area contributed by atoms with Crippen LogP contribution in [0.1, 0.15) is 21.0 Å². The zero-order valence-corrected chi connectivity index (χ0v) is 19.5. The molecule has 1 N–H and O–H groups in total. The lowest BCUT2D eigenvalue weighted by molar-refractivity contribution is 0.0592. The van der Waals surface area contributed by atoms with Crippen LogP contribution in [0.5, 0.6) is 11.5 Å². The van der Waals surface area contributed by atoms with Crippen molar-refractivity contribution in [1.29, 1.82) is 0 Å². The summed E-state index contributed by atoms with van der Waals surface area (Å²) in [5.41, 5.74) is 3.74. The number of carboxylic acid groups (broad SMARTS) is 1. The lowest BCUT2D eigenvalue weighted by atomic mass is 10.1. The van der Waals surface area contributed by atoms with Gasteiger partial charge in [0.05, 0.1) is 21.3 Å². The second-order valence-corrected chi connectivity index (χ2v) is 7.07. The predicted molar refractivity (Wildman–Crippen MR) is 131 cm³/mol. The highest BCUT2D eigenvalue weighted by molar-refractivity contribution is 5.89. The van der Waals surface area contributed by atoms with Gasteiger partial charge in [0, 0.05) is 35.7 Å². The summed E-state index contributed by atoms with van der Waals surface area (Å²) in [7, 11) is 4.39. The normalized spacial score (nSPS) is 9.91. The number of rotatable bonds is 6. The highest BCUT2D eigenvalue weighted by Crippen LogP contribution is 2.30. The summed E-state index contributed by atoms with van der Waals surface area (Å²) in [5.74, 6) is -0.448. The third-order valence-electron chi connectivity index (χ3n) is 4.96. The van der Waals surface area contributed by atoms with Crippen molar-refractivity contribution in [3.8, 4) is 33.8 Å². The molecule has 35 heavy (non-hydrogen) atoms. The van der Waals surface area contributed by atoms with Crippen LogP contribution >= 0.6 is 0 Å². The molecule has 0 radical (unpaired) electrons. The van der Waals surface area contributed by atoms with E-state index in [0.29, 0.717) is 11.5 Å². The van der Waals surface area contributed by atoms with Gasteiger partial charge in [0.15, 0.2) is 11.4 Å². The van der Waals surface area contributed by atoms with Crippen molar-refractivity contribution in [2.45, 2.75) is 0 Å². The maximum absolute atomic E-state index is 11.4. The van der Waals surface area contributed by atoms with Crippen LogP contribution in [0.4, 0.5) is 0 Å². The molecule has 0 saturated heterocycles. The summed E-state index contributed by atoms with van der Waals surface area (Å²) in [6.07, 6.45) is 3.12. The average Bonchev–Trinajstić information content (AvgIpc) is 2.93. The van der Waals surface area contributed by atoms with E-state index in [1.54, 1.807) is 19.4 Å². The quantitative estimate of drug-likeness (QED) is 0.391. The number of benzene rings is 2. The standard InChI is InChI=1S/C14H13NO3.C13H11NO3/c1-17-13-8-12(14(16)18-2)15-9-11(13)10-6-4-3-5-7-10;1-17-12-7-11(13(15)16)14-8-10(12)9-5-3-2-4-6-9/h3-9H,1-2H3;2-8H,1H3,(H,15,16). The second-order valence-electron chi connectivity index (χ2n) is 7.07. The summed E-state index contributed by atoms with van der Waals surface area (Å²) in [5, 5.41) is 8.85. The van der Waals surface area contributed by atoms with Crippen LogP contribution in [0, 0.1) is 0 Å². The summed E-state index contributed by atoms with van der Waals surface area (Å²) in [6, 6.07) is 22.3. The van der Waals surface area contributed by atoms with E-state index in [0.717, 1.165) is 22.3 Å². The Kier molecular flexibility index (Phi) is 8.50. The Morgan fingerprint density at radius 2 is 1.11 bits per heavy atom. The number of carbonyl (C=O) groups excluding carboxylic acids is 1. The van der Waals surface area contributed by atoms with Gasteiger partial charge in [-0.3, -0.25) is 0 Å². The molecule has 0 aliphatic carbocycles. The molecule has 178 valence electrons. The molecule has 2 aromatic carbocycles. The average molecular weight is 472 g/mol. The zero-order valence-electron chi connectivity index (χ0n) is 19.5. The van der Waals surface area contributed by atoms with E-state index < -0.39 is 11.9 Å². The van der Waals surface area contributed by atoms with Gasteiger partial charge in [0.1, 0.15) is 11.5 Å². The Morgan fingerprint density at radius 3 is 1.51 bits per heavy atom. The van der Waals surface area contributed by atoms with Crippen molar-refractivity contribution >= 4 is 11.9 Å². The minimum absolute atomic E-state index is 0.0264. The second kappa shape index (κ2) is 11.9. The number of carboxylic acids is 1. The van der Waals surface area contributed by atoms with Gasteiger partial charge < -0.3 is 19.3 Å². The van der Waals surface area contributed by atoms with E-state index in [4.69, 9.17) is 14.6 Å². The van der Waals surface area contributed by atoms with E-state index >= 15 is 0 Å². The molecule has 0 unspecified atom stereocenters. The highest BCUT2D eigenvalue weighted by Gasteiger charge is 2.13. The van der Waals surface area contributed by atoms with Crippen LogP contribution in [0.15, 0.2) is 85.2 Å². The fraction of sp³-hybridized carbons (Fsp3) is 0.111. The predicted octanol–water partition coefficient (Wildman–Crippen LogP) is 5.00. The first kappa shape index (κ1) is 24.9. The van der Waals surface area contributed by atoms with Crippen LogP contribution in [0.3, 0.4) is 0 Å². The van der Waals surface area contributed by atoms with Gasteiger partial charge in [-0.05, 0) is 11.1 Å². The van der Waals surface area contributed by atoms with E-state index in [9.17, 15) is 9.59 Å². The van der Waals surface area contributed by atoms with Crippen molar-refractivity contribution in [2.75, 3.05) is 21.3 Å². The van der Waals surface area contributed by atoms with Gasteiger partial charge in [-0.2, -0.15) is 0 Å². The fourth-order valence-corrected chi connectivity index (χ4v) is 3.21. The molecule has 8 nitrogen and oxygen atoms in total. The molecule has 0 atom stereocenters. The summed E-state index contributed by atoms with van der Waals surface area (Å²) >= 11 is 0. The molecule has 0 amide bonds. The Balaban J connectivity index is 0.000000196. The molecule has 0 saturated carbocycles. The lowest BCUT2D eigenvalue weighted by Gasteiger charge is -2.09. The van der Waals surface area contributed by atoms with E-state index in [1.165, 1.54) is 26.5 Å². The zero-order chi connectivity index (χ0) is 25.2. The number of aromatic carboxylic acids is 1. The third kappa shape index (κ3) is 6.20. The van der Waals surface area contributed by atoms with Crippen LogP contribution in [-0.4, -0.2) is 48.3 Å². The topological polar surface area (TPSA) is 108 Å². The molecule has 4 aromatic rings. The Bertz CT molecular complexity index is 1290. The SMILES string of the molecule is COC(=O)c1cc(OC)c(-c2ccccc2)cn1.COc1cc(C(=O)O)ncc1-c1ccccc1. The Hall–Kier alpha value is -4.72. The number of aromatic nitrogens is 2. The van der Waals surface area contributed by atoms with Crippen molar-refractivity contribution < 1.29 is 28.9 Å². The van der Waals surface area contributed by atoms with Crippen LogP contribution < -0.4 is 9.47 Å². The molecule has 2 aromatic heterocycles. The minimum atomic E-state index is -1.07. The van der Waals surface area contributed by atoms with Gasteiger partial charge in [-0.25, -0.2) is 19.6 Å². The van der Waals surface area contributed by atoms with Crippen molar-refractivity contribution in [2.24, 2.45) is 0 Å². The van der Waals surface area contributed by atoms with Gasteiger partial charge in [0.25, 0.3) is 0 Å². The summed E-state index contributed by atoms with van der Waals surface area (Å²) in [6.45, 7) is 0. The monoisotopic (exact) mass is 472 g/mol. The fourth-order valence-electron chi connectivity index (χ4n) is 3.21. The largest absolute Gasteiger partial charge is 0.496 e. The molecule has 0 fully saturated rings. The highest BCUT2D eigenvalue weighted by atomic mass is 16.5. The van der Waals surface area contributed by atoms with E-state index in [-0.39, 0.29) is 11.4 Å². The number of nitrogens with zero attached hydrogens (tertiary/aromatic N) is 2. The van der Waals surface area contributed by atoms with Gasteiger partial charge in [-0.15, -0.1) is 0 Å². The number of methoxy groups -OCH3 is 3. The third-order valence-corrected chi connectivity index (χ3v) is 4.96. The van der Waals surface area contributed by atoms with Gasteiger partial charge in [-0.1, -0.05) is 60.7 Å². The van der Waals surface area contributed by atoms with Gasteiger partial charge in [0.2, 0.25) is 0 Å². The maximum atomic E-state index is 11.4. The number of pyridine rings is 2. The Morgan fingerprint density at radius 1 is 0.686 bits per heavy atom. The van der Waals surface area contributed by atoms with Crippen LogP contribution in [0.25, 0.3) is 22.3 Å². The van der Waals surface area contributed by atoms with Crippen LogP contribution in [-0.2, 0) is 4.74 Å². The lowest BCUT2D eigenvalue weighted by Crippen LogP contribution is -2.05. The molecule has 0 spiro atoms. The maximum Gasteiger partial charge on any atom is 0.356 e. The van der Waals surface area contributed by atoms with Crippen molar-refractivity contribution in [1.82, 2.24) is 9.97 Å². The number of hydrogen-bond donors (Lipinski definition) is 1. The number of hydrogen-bond acceptors (Lipinski definition) is 7. The molecule has 0 bridgehead atoms. The summed E-state index contributed by atoms with van der Waals surface area (Å²) in [4.78, 5) is 30.2. The van der Waals surface area contributed by atoms with Crippen LogP contribution in [0.2, 0.25) is 0 Å². The first-order chi connectivity index (χ1) is 17.0. The molecule has 0 aliphatic rings. The number of carbonyl (C=O) groups is 2. The summed E-state index contributed by atoms with van der Waals surface area (Å²) < 4.78 is 15.1. The van der Waals surface area contributed by atoms with E-state index in [2.05, 4.69) is 14.7 Å². The van der Waals surface area contributed by atoms with Gasteiger partial charge >= 0.3 is 11.9 Å². The Labute approximate surface area is 202 Å². The molecule has 2 heterocycles. The smallest absolute Gasteiger partial charge is 0.356 e. The molecule has 4 rings (SSSR count). The molecular formula is C27H24N2O6. The van der Waals surface area contributed by atoms with E-state index in [1.807, 2.05) is 60.7 Å². The number of ether oxygens (including phenoxy) is 3. The molecule has 0 aliphatic heterocycles. The van der Waals surface area contributed by atoms with Crippen molar-refractivity contribution in [3.63, 3.8) is 0 Å².